The number of carbonyl (C=O) groups excluding carboxylic acids is 1. The Balaban J connectivity index is 1.65. The monoisotopic (exact) mass is 305 g/mol. The smallest absolute Gasteiger partial charge is 0.224 e. The Hall–Kier alpha value is -1.55. The van der Waals surface area contributed by atoms with Crippen LogP contribution in [0.15, 0.2) is 24.3 Å². The lowest BCUT2D eigenvalue weighted by molar-refractivity contribution is -0.120. The Morgan fingerprint density at radius 1 is 1.32 bits per heavy atom. The first kappa shape index (κ1) is 16.8. The highest BCUT2D eigenvalue weighted by Gasteiger charge is 2.21. The van der Waals surface area contributed by atoms with E-state index in [0.29, 0.717) is 31.6 Å². The first-order valence-electron chi connectivity index (χ1n) is 8.20. The Morgan fingerprint density at radius 3 is 2.91 bits per heavy atom. The van der Waals surface area contributed by atoms with Gasteiger partial charge < -0.3 is 14.8 Å². The number of amides is 1. The normalized spacial score (nSPS) is 21.4. The standard InChI is InChI=1S/C18H27NO3/c1-14-6-3-4-9-17(14)22-11-10-19-18(20)13-15-7-5-8-16(12-15)21-2/h5,7-8,12,14,17H,3-4,6,9-11,13H2,1-2H3,(H,19,20)/t14-,17-/m1/s1. The summed E-state index contributed by atoms with van der Waals surface area (Å²) in [6, 6.07) is 7.59. The van der Waals surface area contributed by atoms with Gasteiger partial charge in [0.25, 0.3) is 0 Å². The molecule has 1 aromatic rings. The second-order valence-corrected chi connectivity index (χ2v) is 6.05. The van der Waals surface area contributed by atoms with Crippen molar-refractivity contribution in [3.05, 3.63) is 29.8 Å². The van der Waals surface area contributed by atoms with Gasteiger partial charge in [0.15, 0.2) is 0 Å². The van der Waals surface area contributed by atoms with Crippen molar-refractivity contribution < 1.29 is 14.3 Å². The van der Waals surface area contributed by atoms with Crippen LogP contribution < -0.4 is 10.1 Å². The third-order valence-electron chi connectivity index (χ3n) is 4.29. The van der Waals surface area contributed by atoms with Gasteiger partial charge in [0.1, 0.15) is 5.75 Å². The van der Waals surface area contributed by atoms with Gasteiger partial charge in [0.05, 0.1) is 26.2 Å². The number of benzene rings is 1. The van der Waals surface area contributed by atoms with Gasteiger partial charge in [-0.1, -0.05) is 31.9 Å². The molecule has 0 radical (unpaired) electrons. The Morgan fingerprint density at radius 2 is 2.14 bits per heavy atom. The first-order valence-corrected chi connectivity index (χ1v) is 8.20. The first-order chi connectivity index (χ1) is 10.7. The molecular weight excluding hydrogens is 278 g/mol. The Bertz CT molecular complexity index is 475. The minimum absolute atomic E-state index is 0.0218. The maximum atomic E-state index is 11.9. The molecule has 1 N–H and O–H groups in total. The van der Waals surface area contributed by atoms with Crippen LogP contribution in [0.4, 0.5) is 0 Å². The van der Waals surface area contributed by atoms with Crippen molar-refractivity contribution in [1.29, 1.82) is 0 Å². The van der Waals surface area contributed by atoms with Crippen LogP contribution in [0.2, 0.25) is 0 Å². The zero-order valence-corrected chi connectivity index (χ0v) is 13.6. The maximum absolute atomic E-state index is 11.9. The Kier molecular flexibility index (Phi) is 6.72. The van der Waals surface area contributed by atoms with Crippen LogP contribution in [0.25, 0.3) is 0 Å². The quantitative estimate of drug-likeness (QED) is 0.788. The highest BCUT2D eigenvalue weighted by molar-refractivity contribution is 5.78. The van der Waals surface area contributed by atoms with E-state index >= 15 is 0 Å². The van der Waals surface area contributed by atoms with Gasteiger partial charge in [-0.2, -0.15) is 0 Å². The second kappa shape index (κ2) is 8.79. The summed E-state index contributed by atoms with van der Waals surface area (Å²) in [5, 5.41) is 2.92. The predicted octanol–water partition coefficient (Wildman–Crippen LogP) is 2.95. The number of nitrogens with one attached hydrogen (secondary N) is 1. The molecule has 4 nitrogen and oxygen atoms in total. The summed E-state index contributed by atoms with van der Waals surface area (Å²) in [4.78, 5) is 11.9. The van der Waals surface area contributed by atoms with E-state index in [9.17, 15) is 4.79 Å². The summed E-state index contributed by atoms with van der Waals surface area (Å²) >= 11 is 0. The molecule has 0 unspecified atom stereocenters. The molecule has 1 fully saturated rings. The summed E-state index contributed by atoms with van der Waals surface area (Å²) in [6.45, 7) is 3.43. The number of hydrogen-bond donors (Lipinski definition) is 1. The molecule has 1 saturated carbocycles. The molecule has 4 heteroatoms. The molecule has 1 amide bonds. The van der Waals surface area contributed by atoms with Gasteiger partial charge in [-0.25, -0.2) is 0 Å². The van der Waals surface area contributed by atoms with Gasteiger partial charge in [0, 0.05) is 6.54 Å². The van der Waals surface area contributed by atoms with Crippen molar-refractivity contribution in [2.45, 2.75) is 45.1 Å². The van der Waals surface area contributed by atoms with Gasteiger partial charge >= 0.3 is 0 Å². The number of carbonyl (C=O) groups is 1. The molecule has 1 aliphatic carbocycles. The van der Waals surface area contributed by atoms with Crippen molar-refractivity contribution >= 4 is 5.91 Å². The van der Waals surface area contributed by atoms with Gasteiger partial charge in [0.2, 0.25) is 5.91 Å². The average molecular weight is 305 g/mol. The molecule has 0 heterocycles. The van der Waals surface area contributed by atoms with Crippen LogP contribution in [-0.4, -0.2) is 32.3 Å². The number of methoxy groups -OCH3 is 1. The molecule has 2 atom stereocenters. The van der Waals surface area contributed by atoms with E-state index in [1.807, 2.05) is 24.3 Å². The molecular formula is C18H27NO3. The summed E-state index contributed by atoms with van der Waals surface area (Å²) < 4.78 is 11.1. The van der Waals surface area contributed by atoms with Crippen LogP contribution in [0.1, 0.15) is 38.2 Å². The number of ether oxygens (including phenoxy) is 2. The zero-order valence-electron chi connectivity index (χ0n) is 13.6. The van der Waals surface area contributed by atoms with Crippen LogP contribution in [0, 0.1) is 5.92 Å². The fourth-order valence-corrected chi connectivity index (χ4v) is 2.96. The van der Waals surface area contributed by atoms with Crippen LogP contribution in [0.5, 0.6) is 5.75 Å². The molecule has 1 aliphatic rings. The van der Waals surface area contributed by atoms with Crippen LogP contribution in [-0.2, 0) is 16.0 Å². The number of hydrogen-bond acceptors (Lipinski definition) is 3. The fraction of sp³-hybridized carbons (Fsp3) is 0.611. The van der Waals surface area contributed by atoms with E-state index < -0.39 is 0 Å². The largest absolute Gasteiger partial charge is 0.497 e. The van der Waals surface area contributed by atoms with Crippen molar-refractivity contribution in [1.82, 2.24) is 5.32 Å². The van der Waals surface area contributed by atoms with Gasteiger partial charge in [-0.3, -0.25) is 4.79 Å². The third-order valence-corrected chi connectivity index (χ3v) is 4.29. The molecule has 0 aromatic heterocycles. The summed E-state index contributed by atoms with van der Waals surface area (Å²) in [6.07, 6.45) is 5.72. The summed E-state index contributed by atoms with van der Waals surface area (Å²) in [7, 11) is 1.63. The van der Waals surface area contributed by atoms with E-state index in [2.05, 4.69) is 12.2 Å². The van der Waals surface area contributed by atoms with E-state index in [-0.39, 0.29) is 5.91 Å². The summed E-state index contributed by atoms with van der Waals surface area (Å²) in [5.74, 6) is 1.44. The second-order valence-electron chi connectivity index (χ2n) is 6.05. The number of rotatable bonds is 7. The van der Waals surface area contributed by atoms with Gasteiger partial charge in [-0.15, -0.1) is 0 Å². The Labute approximate surface area is 133 Å². The van der Waals surface area contributed by atoms with E-state index in [4.69, 9.17) is 9.47 Å². The van der Waals surface area contributed by atoms with E-state index in [0.717, 1.165) is 17.7 Å². The third kappa shape index (κ3) is 5.34. The summed E-state index contributed by atoms with van der Waals surface area (Å²) in [5.41, 5.74) is 0.957. The fourth-order valence-electron chi connectivity index (χ4n) is 2.96. The van der Waals surface area contributed by atoms with Crippen LogP contribution in [0.3, 0.4) is 0 Å². The van der Waals surface area contributed by atoms with Crippen molar-refractivity contribution in [3.63, 3.8) is 0 Å². The van der Waals surface area contributed by atoms with Crippen molar-refractivity contribution in [3.8, 4) is 5.75 Å². The lowest BCUT2D eigenvalue weighted by Crippen LogP contribution is -2.32. The SMILES string of the molecule is COc1cccc(CC(=O)NCCO[C@@H]2CCCC[C@H]2C)c1. The minimum Gasteiger partial charge on any atom is -0.497 e. The lowest BCUT2D eigenvalue weighted by atomic mass is 9.88. The molecule has 0 bridgehead atoms. The molecule has 1 aromatic carbocycles. The predicted molar refractivity (Wildman–Crippen MR) is 87.1 cm³/mol. The van der Waals surface area contributed by atoms with E-state index in [1.165, 1.54) is 19.3 Å². The lowest BCUT2D eigenvalue weighted by Gasteiger charge is -2.28. The molecule has 122 valence electrons. The van der Waals surface area contributed by atoms with E-state index in [1.54, 1.807) is 7.11 Å². The molecule has 0 aliphatic heterocycles. The van der Waals surface area contributed by atoms with Crippen molar-refractivity contribution in [2.75, 3.05) is 20.3 Å². The molecule has 0 spiro atoms. The topological polar surface area (TPSA) is 47.6 Å². The molecule has 0 saturated heterocycles. The van der Waals surface area contributed by atoms with Gasteiger partial charge in [-0.05, 0) is 36.5 Å². The van der Waals surface area contributed by atoms with Crippen molar-refractivity contribution in [2.24, 2.45) is 5.92 Å². The molecule has 22 heavy (non-hydrogen) atoms. The zero-order chi connectivity index (χ0) is 15.8. The van der Waals surface area contributed by atoms with Crippen LogP contribution >= 0.6 is 0 Å². The minimum atomic E-state index is 0.0218. The molecule has 2 rings (SSSR count). The highest BCUT2D eigenvalue weighted by Crippen LogP contribution is 2.25. The average Bonchev–Trinajstić information content (AvgIpc) is 2.53. The maximum Gasteiger partial charge on any atom is 0.224 e. The highest BCUT2D eigenvalue weighted by atomic mass is 16.5.